The monoisotopic (exact) mass is 212 g/mol. The van der Waals surface area contributed by atoms with Crippen LogP contribution in [0.1, 0.15) is 16.1 Å². The first-order chi connectivity index (χ1) is 7.38. The predicted octanol–water partition coefficient (Wildman–Crippen LogP) is 3.19. The number of hydrogen-bond acceptors (Lipinski definition) is 3. The molecule has 72 valence electrons. The second-order valence-corrected chi connectivity index (χ2v) is 3.86. The Hall–Kier alpha value is -1.92. The fourth-order valence-electron chi connectivity index (χ4n) is 1.15. The molecule has 2 rings (SSSR count). The smallest absolute Gasteiger partial charge is 0.116 e. The Labute approximate surface area is 92.1 Å². The highest BCUT2D eigenvalue weighted by Gasteiger charge is 1.90. The van der Waals surface area contributed by atoms with E-state index in [2.05, 4.69) is 11.1 Å². The molecule has 1 heterocycles. The molecule has 0 bridgehead atoms. The van der Waals surface area contributed by atoms with Gasteiger partial charge in [-0.2, -0.15) is 5.26 Å². The van der Waals surface area contributed by atoms with Gasteiger partial charge in [0.15, 0.2) is 0 Å². The first-order valence-corrected chi connectivity index (χ1v) is 5.34. The largest absolute Gasteiger partial charge is 0.245 e. The van der Waals surface area contributed by atoms with Crippen molar-refractivity contribution in [2.24, 2.45) is 0 Å². The Morgan fingerprint density at radius 2 is 2.00 bits per heavy atom. The van der Waals surface area contributed by atoms with E-state index in [9.17, 15) is 0 Å². The van der Waals surface area contributed by atoms with Crippen LogP contribution in [0.5, 0.6) is 0 Å². The van der Waals surface area contributed by atoms with E-state index in [1.54, 1.807) is 17.5 Å². The molecule has 0 atom stereocenters. The quantitative estimate of drug-likeness (QED) is 0.766. The van der Waals surface area contributed by atoms with E-state index in [1.807, 2.05) is 41.8 Å². The molecular formula is C12H8N2S. The van der Waals surface area contributed by atoms with Crippen LogP contribution in [0, 0.1) is 11.3 Å². The van der Waals surface area contributed by atoms with Crippen LogP contribution in [0.3, 0.4) is 0 Å². The van der Waals surface area contributed by atoms with Crippen LogP contribution in [-0.2, 0) is 0 Å². The summed E-state index contributed by atoms with van der Waals surface area (Å²) in [6.45, 7) is 0. The molecule has 0 aliphatic heterocycles. The lowest BCUT2D eigenvalue weighted by atomic mass is 10.1. The molecule has 0 radical (unpaired) electrons. The zero-order chi connectivity index (χ0) is 10.5. The van der Waals surface area contributed by atoms with Gasteiger partial charge in [-0.3, -0.25) is 0 Å². The number of benzene rings is 1. The zero-order valence-corrected chi connectivity index (χ0v) is 8.74. The zero-order valence-electron chi connectivity index (χ0n) is 7.92. The standard InChI is InChI=1S/C12H8N2S/c13-9-11-3-1-10(2-4-11)5-6-12-14-7-8-15-12/h1-8H. The van der Waals surface area contributed by atoms with Crippen LogP contribution in [0.4, 0.5) is 0 Å². The van der Waals surface area contributed by atoms with Gasteiger partial charge in [0.1, 0.15) is 5.01 Å². The summed E-state index contributed by atoms with van der Waals surface area (Å²) in [5.74, 6) is 0. The van der Waals surface area contributed by atoms with Crippen molar-refractivity contribution in [1.29, 1.82) is 5.26 Å². The highest BCUT2D eigenvalue weighted by atomic mass is 32.1. The number of thiazole rings is 1. The number of nitriles is 1. The molecule has 0 amide bonds. The maximum Gasteiger partial charge on any atom is 0.116 e. The third-order valence-electron chi connectivity index (χ3n) is 1.91. The fourth-order valence-corrected chi connectivity index (χ4v) is 1.68. The van der Waals surface area contributed by atoms with E-state index in [-0.39, 0.29) is 0 Å². The average Bonchev–Trinajstić information content (AvgIpc) is 2.80. The van der Waals surface area contributed by atoms with Crippen molar-refractivity contribution in [2.45, 2.75) is 0 Å². The highest BCUT2D eigenvalue weighted by molar-refractivity contribution is 7.10. The molecule has 0 aliphatic carbocycles. The third kappa shape index (κ3) is 2.52. The van der Waals surface area contributed by atoms with Gasteiger partial charge < -0.3 is 0 Å². The SMILES string of the molecule is N#Cc1ccc(C=Cc2nccs2)cc1. The van der Waals surface area contributed by atoms with Crippen molar-refractivity contribution in [3.63, 3.8) is 0 Å². The van der Waals surface area contributed by atoms with Crippen molar-refractivity contribution >= 4 is 23.5 Å². The lowest BCUT2D eigenvalue weighted by Gasteiger charge is -1.92. The molecular weight excluding hydrogens is 204 g/mol. The maximum absolute atomic E-state index is 8.63. The number of nitrogens with zero attached hydrogens (tertiary/aromatic N) is 2. The van der Waals surface area contributed by atoms with Gasteiger partial charge in [0.25, 0.3) is 0 Å². The molecule has 0 spiro atoms. The van der Waals surface area contributed by atoms with Crippen LogP contribution in [0.15, 0.2) is 35.8 Å². The van der Waals surface area contributed by atoms with Gasteiger partial charge in [-0.05, 0) is 23.8 Å². The highest BCUT2D eigenvalue weighted by Crippen LogP contribution is 2.10. The molecule has 0 saturated carbocycles. The van der Waals surface area contributed by atoms with Gasteiger partial charge in [-0.25, -0.2) is 4.98 Å². The van der Waals surface area contributed by atoms with E-state index in [0.29, 0.717) is 5.56 Å². The summed E-state index contributed by atoms with van der Waals surface area (Å²) in [5, 5.41) is 11.6. The number of aromatic nitrogens is 1. The minimum atomic E-state index is 0.682. The van der Waals surface area contributed by atoms with Crippen LogP contribution in [0.2, 0.25) is 0 Å². The Morgan fingerprint density at radius 3 is 2.60 bits per heavy atom. The summed E-state index contributed by atoms with van der Waals surface area (Å²) >= 11 is 1.60. The lowest BCUT2D eigenvalue weighted by molar-refractivity contribution is 1.40. The second kappa shape index (κ2) is 4.54. The molecule has 0 saturated heterocycles. The summed E-state index contributed by atoms with van der Waals surface area (Å²) in [6, 6.07) is 9.54. The third-order valence-corrected chi connectivity index (χ3v) is 2.65. The Bertz CT molecular complexity index is 489. The van der Waals surface area contributed by atoms with E-state index in [4.69, 9.17) is 5.26 Å². The molecule has 0 unspecified atom stereocenters. The van der Waals surface area contributed by atoms with Gasteiger partial charge in [-0.1, -0.05) is 18.2 Å². The van der Waals surface area contributed by atoms with Crippen molar-refractivity contribution in [3.05, 3.63) is 52.0 Å². The van der Waals surface area contributed by atoms with Crippen LogP contribution in [0.25, 0.3) is 12.2 Å². The lowest BCUT2D eigenvalue weighted by Crippen LogP contribution is -1.74. The summed E-state index contributed by atoms with van der Waals surface area (Å²) in [5.41, 5.74) is 1.76. The summed E-state index contributed by atoms with van der Waals surface area (Å²) in [7, 11) is 0. The van der Waals surface area contributed by atoms with Crippen LogP contribution < -0.4 is 0 Å². The predicted molar refractivity (Wildman–Crippen MR) is 62.2 cm³/mol. The van der Waals surface area contributed by atoms with E-state index >= 15 is 0 Å². The molecule has 0 N–H and O–H groups in total. The summed E-state index contributed by atoms with van der Waals surface area (Å²) < 4.78 is 0. The van der Waals surface area contributed by atoms with Crippen molar-refractivity contribution < 1.29 is 0 Å². The van der Waals surface area contributed by atoms with Gasteiger partial charge in [-0.15, -0.1) is 11.3 Å². The number of hydrogen-bond donors (Lipinski definition) is 0. The molecule has 15 heavy (non-hydrogen) atoms. The van der Waals surface area contributed by atoms with Crippen LogP contribution >= 0.6 is 11.3 Å². The van der Waals surface area contributed by atoms with Crippen molar-refractivity contribution in [3.8, 4) is 6.07 Å². The maximum atomic E-state index is 8.63. The number of rotatable bonds is 2. The normalized spacial score (nSPS) is 10.3. The Morgan fingerprint density at radius 1 is 1.20 bits per heavy atom. The Balaban J connectivity index is 2.15. The van der Waals surface area contributed by atoms with Crippen molar-refractivity contribution in [1.82, 2.24) is 4.98 Å². The molecule has 3 heteroatoms. The first kappa shape index (κ1) is 9.63. The molecule has 0 aliphatic rings. The van der Waals surface area contributed by atoms with E-state index in [0.717, 1.165) is 10.6 Å². The first-order valence-electron chi connectivity index (χ1n) is 4.46. The molecule has 1 aromatic heterocycles. The van der Waals surface area contributed by atoms with Crippen LogP contribution in [-0.4, -0.2) is 4.98 Å². The molecule has 2 nitrogen and oxygen atoms in total. The average molecular weight is 212 g/mol. The van der Waals surface area contributed by atoms with Crippen molar-refractivity contribution in [2.75, 3.05) is 0 Å². The van der Waals surface area contributed by atoms with E-state index < -0.39 is 0 Å². The molecule has 0 fully saturated rings. The summed E-state index contributed by atoms with van der Waals surface area (Å²) in [4.78, 5) is 4.14. The van der Waals surface area contributed by atoms with Gasteiger partial charge in [0, 0.05) is 11.6 Å². The van der Waals surface area contributed by atoms with E-state index in [1.165, 1.54) is 0 Å². The van der Waals surface area contributed by atoms with Gasteiger partial charge in [0.2, 0.25) is 0 Å². The fraction of sp³-hybridized carbons (Fsp3) is 0. The Kier molecular flexibility index (Phi) is 2.91. The summed E-state index contributed by atoms with van der Waals surface area (Å²) in [6.07, 6.45) is 5.73. The molecule has 2 aromatic rings. The molecule has 1 aromatic carbocycles. The minimum absolute atomic E-state index is 0.682. The minimum Gasteiger partial charge on any atom is -0.245 e. The van der Waals surface area contributed by atoms with Gasteiger partial charge >= 0.3 is 0 Å². The second-order valence-electron chi connectivity index (χ2n) is 2.94. The topological polar surface area (TPSA) is 36.7 Å². The van der Waals surface area contributed by atoms with Gasteiger partial charge in [0.05, 0.1) is 11.6 Å².